The summed E-state index contributed by atoms with van der Waals surface area (Å²) in [5.41, 5.74) is 2.65. The lowest BCUT2D eigenvalue weighted by Gasteiger charge is -2.20. The number of hydrogen-bond donors (Lipinski definition) is 0. The lowest BCUT2D eigenvalue weighted by Crippen LogP contribution is -2.02. The van der Waals surface area contributed by atoms with Gasteiger partial charge in [0.05, 0.1) is 33.4 Å². The van der Waals surface area contributed by atoms with Crippen LogP contribution in [0.4, 0.5) is 5.69 Å². The third kappa shape index (κ3) is 4.00. The van der Waals surface area contributed by atoms with Crippen molar-refractivity contribution >= 4 is 12.0 Å². The summed E-state index contributed by atoms with van der Waals surface area (Å²) in [7, 11) is 5.92. The third-order valence-electron chi connectivity index (χ3n) is 4.85. The molecular weight excluding hydrogens is 402 g/mol. The predicted octanol–water partition coefficient (Wildman–Crippen LogP) is 4.78. The van der Waals surface area contributed by atoms with Gasteiger partial charge in [-0.15, -0.1) is 0 Å². The highest BCUT2D eigenvalue weighted by molar-refractivity contribution is 5.96. The molecule has 0 spiro atoms. The summed E-state index contributed by atoms with van der Waals surface area (Å²) in [5, 5.41) is 11.2. The van der Waals surface area contributed by atoms with Crippen molar-refractivity contribution < 1.29 is 28.7 Å². The van der Waals surface area contributed by atoms with Crippen LogP contribution in [0.1, 0.15) is 10.4 Å². The Labute approximate surface area is 179 Å². The van der Waals surface area contributed by atoms with Crippen LogP contribution in [-0.4, -0.2) is 39.6 Å². The average molecular weight is 423 g/mol. The summed E-state index contributed by atoms with van der Waals surface area (Å²) in [4.78, 5) is 22.7. The first-order chi connectivity index (χ1) is 15.0. The molecule has 0 aliphatic heterocycles. The molecule has 3 aromatic carbocycles. The van der Waals surface area contributed by atoms with Gasteiger partial charge in [0, 0.05) is 28.8 Å². The van der Waals surface area contributed by atoms with Gasteiger partial charge in [0.2, 0.25) is 5.75 Å². The van der Waals surface area contributed by atoms with Crippen LogP contribution in [0.5, 0.6) is 23.0 Å². The molecular formula is C23H21NO7. The first kappa shape index (κ1) is 21.6. The van der Waals surface area contributed by atoms with Crippen LogP contribution < -0.4 is 18.9 Å². The molecule has 0 radical (unpaired) electrons. The van der Waals surface area contributed by atoms with Crippen LogP contribution in [0, 0.1) is 10.1 Å². The van der Waals surface area contributed by atoms with E-state index in [1.165, 1.54) is 40.6 Å². The summed E-state index contributed by atoms with van der Waals surface area (Å²) < 4.78 is 21.9. The molecule has 0 aliphatic rings. The highest BCUT2D eigenvalue weighted by Gasteiger charge is 2.24. The first-order valence-electron chi connectivity index (χ1n) is 9.20. The fourth-order valence-electron chi connectivity index (χ4n) is 3.43. The topological polar surface area (TPSA) is 97.1 Å². The Morgan fingerprint density at radius 2 is 1.48 bits per heavy atom. The van der Waals surface area contributed by atoms with Crippen molar-refractivity contribution in [1.29, 1.82) is 0 Å². The van der Waals surface area contributed by atoms with Crippen molar-refractivity contribution in [2.24, 2.45) is 0 Å². The zero-order valence-corrected chi connectivity index (χ0v) is 17.5. The summed E-state index contributed by atoms with van der Waals surface area (Å²) >= 11 is 0. The Hall–Kier alpha value is -4.07. The van der Waals surface area contributed by atoms with Gasteiger partial charge in [0.15, 0.2) is 17.8 Å². The van der Waals surface area contributed by atoms with Crippen molar-refractivity contribution in [2.75, 3.05) is 28.4 Å². The lowest BCUT2D eigenvalue weighted by molar-refractivity contribution is -0.384. The minimum absolute atomic E-state index is 0.0212. The fourth-order valence-corrected chi connectivity index (χ4v) is 3.43. The van der Waals surface area contributed by atoms with Crippen LogP contribution in [-0.2, 0) is 0 Å². The van der Waals surface area contributed by atoms with E-state index < -0.39 is 4.92 Å². The minimum Gasteiger partial charge on any atom is -0.496 e. The van der Waals surface area contributed by atoms with Gasteiger partial charge in [-0.05, 0) is 29.3 Å². The van der Waals surface area contributed by atoms with Crippen LogP contribution >= 0.6 is 0 Å². The molecule has 0 N–H and O–H groups in total. The van der Waals surface area contributed by atoms with Gasteiger partial charge in [-0.2, -0.15) is 0 Å². The summed E-state index contributed by atoms with van der Waals surface area (Å²) in [5.74, 6) is 1.47. The predicted molar refractivity (Wildman–Crippen MR) is 116 cm³/mol. The second kappa shape index (κ2) is 9.17. The van der Waals surface area contributed by atoms with Crippen LogP contribution in [0.15, 0.2) is 48.5 Å². The van der Waals surface area contributed by atoms with E-state index in [0.717, 1.165) is 0 Å². The molecule has 8 heteroatoms. The standard InChI is InChI=1S/C23H21NO7/c1-28-19-9-8-15(14-6-5-7-17(10-14)24(26)27)11-18(19)21-16(13-25)12-20(29-2)22(30-3)23(21)31-4/h5-13H,1-4H3. The maximum Gasteiger partial charge on any atom is 0.270 e. The summed E-state index contributed by atoms with van der Waals surface area (Å²) in [6.45, 7) is 0. The quantitative estimate of drug-likeness (QED) is 0.292. The number of carbonyl (C=O) groups is 1. The van der Waals surface area contributed by atoms with E-state index in [0.29, 0.717) is 57.1 Å². The Bertz CT molecular complexity index is 1140. The molecule has 0 saturated carbocycles. The summed E-state index contributed by atoms with van der Waals surface area (Å²) in [6.07, 6.45) is 0.694. The number of ether oxygens (including phenoxy) is 4. The van der Waals surface area contributed by atoms with Crippen molar-refractivity contribution in [1.82, 2.24) is 0 Å². The smallest absolute Gasteiger partial charge is 0.270 e. The molecule has 8 nitrogen and oxygen atoms in total. The van der Waals surface area contributed by atoms with E-state index in [-0.39, 0.29) is 5.69 Å². The van der Waals surface area contributed by atoms with E-state index in [9.17, 15) is 14.9 Å². The SMILES string of the molecule is COc1ccc(-c2cccc([N+](=O)[O-])c2)cc1-c1c(C=O)cc(OC)c(OC)c1OC. The molecule has 0 aliphatic carbocycles. The Kier molecular flexibility index (Phi) is 6.40. The normalized spacial score (nSPS) is 10.3. The molecule has 0 aromatic heterocycles. The molecule has 0 saturated heterocycles. The number of nitro groups is 1. The van der Waals surface area contributed by atoms with Gasteiger partial charge in [-0.1, -0.05) is 18.2 Å². The molecule has 160 valence electrons. The second-order valence-corrected chi connectivity index (χ2v) is 6.45. The maximum absolute atomic E-state index is 11.9. The highest BCUT2D eigenvalue weighted by atomic mass is 16.6. The molecule has 0 unspecified atom stereocenters. The molecule has 31 heavy (non-hydrogen) atoms. The van der Waals surface area contributed by atoms with Gasteiger partial charge >= 0.3 is 0 Å². The molecule has 3 aromatic rings. The number of hydrogen-bond acceptors (Lipinski definition) is 7. The van der Waals surface area contributed by atoms with Crippen LogP contribution in [0.25, 0.3) is 22.3 Å². The average Bonchev–Trinajstić information content (AvgIpc) is 2.81. The van der Waals surface area contributed by atoms with E-state index in [1.807, 2.05) is 0 Å². The largest absolute Gasteiger partial charge is 0.496 e. The van der Waals surface area contributed by atoms with E-state index in [1.54, 1.807) is 36.4 Å². The second-order valence-electron chi connectivity index (χ2n) is 6.45. The fraction of sp³-hybridized carbons (Fsp3) is 0.174. The van der Waals surface area contributed by atoms with Crippen LogP contribution in [0.2, 0.25) is 0 Å². The van der Waals surface area contributed by atoms with Gasteiger partial charge in [0.25, 0.3) is 5.69 Å². The molecule has 0 fully saturated rings. The van der Waals surface area contributed by atoms with Crippen molar-refractivity contribution in [3.8, 4) is 45.3 Å². The molecule has 0 heterocycles. The summed E-state index contributed by atoms with van der Waals surface area (Å²) in [6, 6.07) is 13.2. The monoisotopic (exact) mass is 423 g/mol. The Morgan fingerprint density at radius 3 is 2.06 bits per heavy atom. The zero-order valence-electron chi connectivity index (χ0n) is 17.5. The van der Waals surface area contributed by atoms with Gasteiger partial charge in [-0.3, -0.25) is 14.9 Å². The minimum atomic E-state index is -0.449. The molecule has 0 amide bonds. The van der Waals surface area contributed by atoms with Gasteiger partial charge in [0.1, 0.15) is 5.75 Å². The zero-order chi connectivity index (χ0) is 22.5. The number of benzene rings is 3. The number of nitro benzene ring substituents is 1. The Balaban J connectivity index is 2.33. The molecule has 0 bridgehead atoms. The maximum atomic E-state index is 11.9. The number of non-ortho nitro benzene ring substituents is 1. The number of aldehydes is 1. The van der Waals surface area contributed by atoms with E-state index in [4.69, 9.17) is 18.9 Å². The van der Waals surface area contributed by atoms with Crippen LogP contribution in [0.3, 0.4) is 0 Å². The lowest BCUT2D eigenvalue weighted by atomic mass is 9.93. The van der Waals surface area contributed by atoms with Crippen molar-refractivity contribution in [3.05, 3.63) is 64.2 Å². The van der Waals surface area contributed by atoms with Crippen molar-refractivity contribution in [2.45, 2.75) is 0 Å². The molecule has 0 atom stereocenters. The van der Waals surface area contributed by atoms with Crippen molar-refractivity contribution in [3.63, 3.8) is 0 Å². The third-order valence-corrected chi connectivity index (χ3v) is 4.85. The molecule has 3 rings (SSSR count). The number of rotatable bonds is 8. The highest BCUT2D eigenvalue weighted by Crippen LogP contribution is 2.49. The number of carbonyl (C=O) groups excluding carboxylic acids is 1. The first-order valence-corrected chi connectivity index (χ1v) is 9.20. The Morgan fingerprint density at radius 1 is 0.806 bits per heavy atom. The van der Waals surface area contributed by atoms with Gasteiger partial charge in [-0.25, -0.2) is 0 Å². The number of nitrogens with zero attached hydrogens (tertiary/aromatic N) is 1. The van der Waals surface area contributed by atoms with E-state index in [2.05, 4.69) is 0 Å². The number of methoxy groups -OCH3 is 4. The van der Waals surface area contributed by atoms with Gasteiger partial charge < -0.3 is 18.9 Å². The van der Waals surface area contributed by atoms with E-state index >= 15 is 0 Å².